The average molecular weight is 476 g/mol. The summed E-state index contributed by atoms with van der Waals surface area (Å²) in [6, 6.07) is 16.7. The first kappa shape index (κ1) is 26.6. The zero-order valence-corrected chi connectivity index (χ0v) is 21.2. The lowest BCUT2D eigenvalue weighted by Gasteiger charge is -2.16. The summed E-state index contributed by atoms with van der Waals surface area (Å²) >= 11 is 0. The Morgan fingerprint density at radius 3 is 2.03 bits per heavy atom. The van der Waals surface area contributed by atoms with E-state index < -0.39 is 5.91 Å². The summed E-state index contributed by atoms with van der Waals surface area (Å²) in [5, 5.41) is 12.5. The highest BCUT2D eigenvalue weighted by atomic mass is 16.5. The standard InChI is InChI=1S/C31H41NO3/c1-2-3-4-5-6-7-8-9-10-11-12-17-22-35-28-21-16-15-20-26(28)29-27(31(32)34)23-24-18-13-14-19-25(24)30(29)33/h13-16,18-21,23,33H,2-12,17,22H2,1H3,(H2,32,34). The molecule has 0 saturated carbocycles. The second kappa shape index (κ2) is 14.4. The van der Waals surface area contributed by atoms with Gasteiger partial charge in [0.25, 0.3) is 0 Å². The predicted molar refractivity (Wildman–Crippen MR) is 146 cm³/mol. The van der Waals surface area contributed by atoms with E-state index in [0.717, 1.165) is 18.2 Å². The number of fused-ring (bicyclic) bond motifs is 1. The Bertz CT molecular complexity index is 1080. The molecule has 0 aliphatic rings. The Morgan fingerprint density at radius 1 is 0.800 bits per heavy atom. The first-order valence-electron chi connectivity index (χ1n) is 13.4. The highest BCUT2D eigenvalue weighted by Crippen LogP contribution is 2.42. The number of rotatable bonds is 16. The van der Waals surface area contributed by atoms with Crippen LogP contribution in [0.1, 0.15) is 94.3 Å². The molecule has 0 aliphatic carbocycles. The average Bonchev–Trinajstić information content (AvgIpc) is 2.87. The van der Waals surface area contributed by atoms with Gasteiger partial charge in [-0.25, -0.2) is 0 Å². The highest BCUT2D eigenvalue weighted by Gasteiger charge is 2.20. The summed E-state index contributed by atoms with van der Waals surface area (Å²) in [6.45, 7) is 2.87. The lowest BCUT2D eigenvalue weighted by molar-refractivity contribution is 0.100. The van der Waals surface area contributed by atoms with Crippen molar-refractivity contribution in [3.05, 3.63) is 60.2 Å². The van der Waals surface area contributed by atoms with Crippen molar-refractivity contribution in [1.29, 1.82) is 0 Å². The molecule has 4 heteroatoms. The molecule has 0 fully saturated rings. The molecular formula is C31H41NO3. The van der Waals surface area contributed by atoms with Gasteiger partial charge in [0.15, 0.2) is 0 Å². The molecular weight excluding hydrogens is 434 g/mol. The topological polar surface area (TPSA) is 72.5 Å². The number of hydrogen-bond acceptors (Lipinski definition) is 3. The van der Waals surface area contributed by atoms with Gasteiger partial charge in [0.2, 0.25) is 5.91 Å². The van der Waals surface area contributed by atoms with Crippen LogP contribution < -0.4 is 10.5 Å². The second-order valence-electron chi connectivity index (χ2n) is 9.47. The van der Waals surface area contributed by atoms with Crippen molar-refractivity contribution in [3.8, 4) is 22.6 Å². The van der Waals surface area contributed by atoms with Gasteiger partial charge in [-0.15, -0.1) is 0 Å². The number of unbranched alkanes of at least 4 members (excludes halogenated alkanes) is 11. The van der Waals surface area contributed by atoms with Gasteiger partial charge in [-0.05, 0) is 23.9 Å². The molecule has 4 nitrogen and oxygen atoms in total. The predicted octanol–water partition coefficient (Wildman–Crippen LogP) is 8.39. The third kappa shape index (κ3) is 7.74. The third-order valence-electron chi connectivity index (χ3n) is 6.70. The number of ether oxygens (including phenoxy) is 1. The van der Waals surface area contributed by atoms with Crippen molar-refractivity contribution in [2.24, 2.45) is 5.73 Å². The molecule has 0 heterocycles. The van der Waals surface area contributed by atoms with Crippen molar-refractivity contribution < 1.29 is 14.6 Å². The van der Waals surface area contributed by atoms with Gasteiger partial charge >= 0.3 is 0 Å². The highest BCUT2D eigenvalue weighted by molar-refractivity contribution is 6.09. The van der Waals surface area contributed by atoms with E-state index in [1.54, 1.807) is 6.07 Å². The minimum absolute atomic E-state index is 0.0540. The summed E-state index contributed by atoms with van der Waals surface area (Å²) in [6.07, 6.45) is 15.6. The Kier molecular flexibility index (Phi) is 10.9. The van der Waals surface area contributed by atoms with Gasteiger partial charge in [-0.1, -0.05) is 120 Å². The number of phenolic OH excluding ortho intramolecular Hbond substituents is 1. The largest absolute Gasteiger partial charge is 0.507 e. The quantitative estimate of drug-likeness (QED) is 0.204. The van der Waals surface area contributed by atoms with Crippen LogP contribution in [0.15, 0.2) is 54.6 Å². The number of primary amides is 1. The number of hydrogen-bond donors (Lipinski definition) is 2. The SMILES string of the molecule is CCCCCCCCCCCCCCOc1ccccc1-c1c(C(N)=O)cc2ccccc2c1O. The molecule has 3 rings (SSSR count). The number of aromatic hydroxyl groups is 1. The van der Waals surface area contributed by atoms with E-state index in [1.165, 1.54) is 64.2 Å². The van der Waals surface area contributed by atoms with E-state index in [1.807, 2.05) is 48.5 Å². The summed E-state index contributed by atoms with van der Waals surface area (Å²) < 4.78 is 6.12. The van der Waals surface area contributed by atoms with Crippen LogP contribution in [0.5, 0.6) is 11.5 Å². The van der Waals surface area contributed by atoms with Crippen molar-refractivity contribution in [3.63, 3.8) is 0 Å². The maximum atomic E-state index is 12.3. The smallest absolute Gasteiger partial charge is 0.249 e. The molecule has 0 bridgehead atoms. The van der Waals surface area contributed by atoms with Crippen LogP contribution in [0.3, 0.4) is 0 Å². The molecule has 0 aromatic heterocycles. The van der Waals surface area contributed by atoms with Crippen molar-refractivity contribution in [2.75, 3.05) is 6.61 Å². The van der Waals surface area contributed by atoms with Gasteiger partial charge in [-0.2, -0.15) is 0 Å². The van der Waals surface area contributed by atoms with Crippen LogP contribution in [0.2, 0.25) is 0 Å². The van der Waals surface area contributed by atoms with Crippen LogP contribution in [0.25, 0.3) is 21.9 Å². The fraction of sp³-hybridized carbons (Fsp3) is 0.452. The van der Waals surface area contributed by atoms with E-state index >= 15 is 0 Å². The van der Waals surface area contributed by atoms with Crippen molar-refractivity contribution >= 4 is 16.7 Å². The number of nitrogens with two attached hydrogens (primary N) is 1. The Labute approximate surface area is 210 Å². The molecule has 3 aromatic rings. The van der Waals surface area contributed by atoms with E-state index in [0.29, 0.717) is 34.4 Å². The molecule has 35 heavy (non-hydrogen) atoms. The third-order valence-corrected chi connectivity index (χ3v) is 6.70. The van der Waals surface area contributed by atoms with Crippen LogP contribution in [-0.4, -0.2) is 17.6 Å². The Hall–Kier alpha value is -3.01. The molecule has 188 valence electrons. The molecule has 0 saturated heterocycles. The molecule has 3 aromatic carbocycles. The first-order valence-corrected chi connectivity index (χ1v) is 13.4. The molecule has 0 unspecified atom stereocenters. The number of para-hydroxylation sites is 1. The van der Waals surface area contributed by atoms with Gasteiger partial charge in [0.1, 0.15) is 11.5 Å². The van der Waals surface area contributed by atoms with E-state index in [-0.39, 0.29) is 5.75 Å². The zero-order chi connectivity index (χ0) is 24.9. The zero-order valence-electron chi connectivity index (χ0n) is 21.2. The van der Waals surface area contributed by atoms with Crippen LogP contribution in [-0.2, 0) is 0 Å². The fourth-order valence-electron chi connectivity index (χ4n) is 4.72. The number of phenols is 1. The number of amides is 1. The normalized spacial score (nSPS) is 11.1. The number of carbonyl (C=O) groups is 1. The number of carbonyl (C=O) groups excluding carboxylic acids is 1. The van der Waals surface area contributed by atoms with Gasteiger partial charge in [0.05, 0.1) is 12.2 Å². The van der Waals surface area contributed by atoms with Gasteiger partial charge in [-0.3, -0.25) is 4.79 Å². The fourth-order valence-corrected chi connectivity index (χ4v) is 4.72. The Morgan fingerprint density at radius 2 is 1.37 bits per heavy atom. The molecule has 0 aliphatic heterocycles. The van der Waals surface area contributed by atoms with E-state index in [2.05, 4.69) is 6.92 Å². The summed E-state index contributed by atoms with van der Waals surface area (Å²) in [5.74, 6) is 0.138. The lowest BCUT2D eigenvalue weighted by atomic mass is 9.93. The van der Waals surface area contributed by atoms with Crippen LogP contribution in [0, 0.1) is 0 Å². The van der Waals surface area contributed by atoms with Gasteiger partial charge < -0.3 is 15.6 Å². The second-order valence-corrected chi connectivity index (χ2v) is 9.47. The van der Waals surface area contributed by atoms with Crippen LogP contribution >= 0.6 is 0 Å². The summed E-state index contributed by atoms with van der Waals surface area (Å²) in [4.78, 5) is 12.3. The molecule has 1 amide bonds. The monoisotopic (exact) mass is 475 g/mol. The molecule has 0 spiro atoms. The number of benzene rings is 3. The molecule has 3 N–H and O–H groups in total. The van der Waals surface area contributed by atoms with E-state index in [9.17, 15) is 9.90 Å². The maximum absolute atomic E-state index is 12.3. The van der Waals surface area contributed by atoms with Crippen molar-refractivity contribution in [1.82, 2.24) is 0 Å². The van der Waals surface area contributed by atoms with Crippen molar-refractivity contribution in [2.45, 2.75) is 84.0 Å². The Balaban J connectivity index is 1.52. The lowest BCUT2D eigenvalue weighted by Crippen LogP contribution is -2.13. The van der Waals surface area contributed by atoms with Gasteiger partial charge in [0, 0.05) is 16.5 Å². The summed E-state index contributed by atoms with van der Waals surface area (Å²) in [7, 11) is 0. The minimum Gasteiger partial charge on any atom is -0.507 e. The molecule has 0 radical (unpaired) electrons. The van der Waals surface area contributed by atoms with E-state index in [4.69, 9.17) is 10.5 Å². The first-order chi connectivity index (χ1) is 17.1. The van der Waals surface area contributed by atoms with Crippen LogP contribution in [0.4, 0.5) is 0 Å². The maximum Gasteiger partial charge on any atom is 0.249 e. The summed E-state index contributed by atoms with van der Waals surface area (Å²) in [5.41, 5.74) is 7.11. The minimum atomic E-state index is -0.572. The molecule has 0 atom stereocenters.